The van der Waals surface area contributed by atoms with Crippen LogP contribution in [0.2, 0.25) is 0 Å². The Bertz CT molecular complexity index is 682. The van der Waals surface area contributed by atoms with E-state index in [1.165, 1.54) is 12.3 Å². The van der Waals surface area contributed by atoms with Crippen molar-refractivity contribution in [2.75, 3.05) is 4.72 Å². The molecule has 21 heavy (non-hydrogen) atoms. The first kappa shape index (κ1) is 15.6. The lowest BCUT2D eigenvalue weighted by Gasteiger charge is -2.07. The lowest BCUT2D eigenvalue weighted by atomic mass is 10.2. The molecule has 2 aromatic rings. The number of nitrogens with one attached hydrogen (secondary N) is 1. The van der Waals surface area contributed by atoms with Crippen molar-refractivity contribution in [1.29, 1.82) is 0 Å². The van der Waals surface area contributed by atoms with Gasteiger partial charge < -0.3 is 9.67 Å². The van der Waals surface area contributed by atoms with Crippen molar-refractivity contribution in [2.45, 2.75) is 38.3 Å². The van der Waals surface area contributed by atoms with Crippen molar-refractivity contribution in [2.24, 2.45) is 0 Å². The molecular formula is C15H20N2O3S. The van der Waals surface area contributed by atoms with Crippen molar-refractivity contribution in [3.8, 4) is 0 Å². The predicted octanol–water partition coefficient (Wildman–Crippen LogP) is 2.36. The molecule has 0 spiro atoms. The molecule has 5 nitrogen and oxygen atoms in total. The summed E-state index contributed by atoms with van der Waals surface area (Å²) in [6.07, 6.45) is 2.44. The van der Waals surface area contributed by atoms with Crippen LogP contribution in [0.4, 0.5) is 5.69 Å². The lowest BCUT2D eigenvalue weighted by molar-refractivity contribution is 0.271. The molecule has 6 heteroatoms. The summed E-state index contributed by atoms with van der Waals surface area (Å²) in [6, 6.07) is 8.79. The van der Waals surface area contributed by atoms with Crippen molar-refractivity contribution >= 4 is 15.7 Å². The lowest BCUT2D eigenvalue weighted by Crippen LogP contribution is -2.12. The van der Waals surface area contributed by atoms with E-state index in [1.54, 1.807) is 16.7 Å². The molecule has 114 valence electrons. The quantitative estimate of drug-likeness (QED) is 0.860. The van der Waals surface area contributed by atoms with E-state index in [9.17, 15) is 13.5 Å². The highest BCUT2D eigenvalue weighted by atomic mass is 32.2. The number of benzene rings is 1. The van der Waals surface area contributed by atoms with Gasteiger partial charge in [-0.15, -0.1) is 0 Å². The van der Waals surface area contributed by atoms with Crippen LogP contribution in [0.15, 0.2) is 41.4 Å². The van der Waals surface area contributed by atoms with Gasteiger partial charge in [-0.2, -0.15) is 0 Å². The van der Waals surface area contributed by atoms with Crippen molar-refractivity contribution in [3.05, 3.63) is 47.8 Å². The van der Waals surface area contributed by atoms with Gasteiger partial charge in [-0.25, -0.2) is 8.42 Å². The fraction of sp³-hybridized carbons (Fsp3) is 0.333. The first-order chi connectivity index (χ1) is 10.00. The normalized spacial score (nSPS) is 11.6. The third-order valence-corrected chi connectivity index (χ3v) is 4.74. The molecule has 0 aliphatic rings. The smallest absolute Gasteiger partial charge is 0.263 e. The molecule has 0 amide bonds. The zero-order valence-corrected chi connectivity index (χ0v) is 13.0. The van der Waals surface area contributed by atoms with Gasteiger partial charge in [0.1, 0.15) is 4.90 Å². The maximum atomic E-state index is 12.3. The van der Waals surface area contributed by atoms with Crippen LogP contribution in [-0.4, -0.2) is 18.1 Å². The highest BCUT2D eigenvalue weighted by molar-refractivity contribution is 7.92. The third kappa shape index (κ3) is 3.46. The van der Waals surface area contributed by atoms with Gasteiger partial charge in [-0.1, -0.05) is 19.1 Å². The first-order valence-corrected chi connectivity index (χ1v) is 8.40. The molecule has 0 unspecified atom stereocenters. The minimum atomic E-state index is -3.64. The van der Waals surface area contributed by atoms with Crippen molar-refractivity contribution in [3.63, 3.8) is 0 Å². The summed E-state index contributed by atoms with van der Waals surface area (Å²) in [5.74, 6) is 0. The topological polar surface area (TPSA) is 71.3 Å². The highest BCUT2D eigenvalue weighted by Crippen LogP contribution is 2.19. The molecule has 1 heterocycles. The number of rotatable bonds is 6. The molecule has 2 rings (SSSR count). The van der Waals surface area contributed by atoms with Crippen LogP contribution in [0, 0.1) is 0 Å². The van der Waals surface area contributed by atoms with E-state index >= 15 is 0 Å². The second-order valence-electron chi connectivity index (χ2n) is 4.77. The maximum absolute atomic E-state index is 12.3. The molecule has 0 aliphatic carbocycles. The molecule has 2 N–H and O–H groups in total. The molecule has 0 saturated heterocycles. The third-order valence-electron chi connectivity index (χ3n) is 3.39. The molecule has 0 bridgehead atoms. The fourth-order valence-corrected chi connectivity index (χ4v) is 3.24. The van der Waals surface area contributed by atoms with E-state index in [-0.39, 0.29) is 11.5 Å². The summed E-state index contributed by atoms with van der Waals surface area (Å²) >= 11 is 0. The monoisotopic (exact) mass is 308 g/mol. The maximum Gasteiger partial charge on any atom is 0.263 e. The highest BCUT2D eigenvalue weighted by Gasteiger charge is 2.18. The SMILES string of the molecule is CCc1ccc(NS(=O)(=O)c2cc(CO)n(CC)c2)cc1. The van der Waals surface area contributed by atoms with Crippen LogP contribution in [0.25, 0.3) is 0 Å². The Hall–Kier alpha value is -1.79. The van der Waals surface area contributed by atoms with Gasteiger partial charge in [0, 0.05) is 24.1 Å². The Labute approximate surface area is 125 Å². The number of aliphatic hydroxyl groups excluding tert-OH is 1. The Morgan fingerprint density at radius 2 is 1.86 bits per heavy atom. The summed E-state index contributed by atoms with van der Waals surface area (Å²) in [5, 5.41) is 9.24. The standard InChI is InChI=1S/C15H20N2O3S/c1-3-12-5-7-13(8-6-12)16-21(19,20)15-9-14(11-18)17(4-2)10-15/h5-10,16,18H,3-4,11H2,1-2H3. The van der Waals surface area contributed by atoms with Gasteiger partial charge in [0.2, 0.25) is 0 Å². The van der Waals surface area contributed by atoms with E-state index < -0.39 is 10.0 Å². The molecule has 0 radical (unpaired) electrons. The Balaban J connectivity index is 2.26. The van der Waals surface area contributed by atoms with Gasteiger partial charge in [-0.05, 0) is 37.1 Å². The minimum absolute atomic E-state index is 0.160. The summed E-state index contributed by atoms with van der Waals surface area (Å²) < 4.78 is 29.0. The van der Waals surface area contributed by atoms with Crippen molar-refractivity contribution < 1.29 is 13.5 Å². The Morgan fingerprint density at radius 1 is 1.19 bits per heavy atom. The largest absolute Gasteiger partial charge is 0.390 e. The number of nitrogens with zero attached hydrogens (tertiary/aromatic N) is 1. The fourth-order valence-electron chi connectivity index (χ4n) is 2.12. The van der Waals surface area contributed by atoms with Crippen LogP contribution < -0.4 is 4.72 Å². The zero-order chi connectivity index (χ0) is 15.5. The molecule has 0 aliphatic heterocycles. The van der Waals surface area contributed by atoms with Gasteiger partial charge in [0.15, 0.2) is 0 Å². The predicted molar refractivity (Wildman–Crippen MR) is 82.7 cm³/mol. The van der Waals surface area contributed by atoms with Crippen LogP contribution >= 0.6 is 0 Å². The van der Waals surface area contributed by atoms with Gasteiger partial charge in [0.25, 0.3) is 10.0 Å². The summed E-state index contributed by atoms with van der Waals surface area (Å²) in [5.41, 5.74) is 2.26. The second kappa shape index (κ2) is 6.32. The summed E-state index contributed by atoms with van der Waals surface area (Å²) in [4.78, 5) is 0.160. The number of aliphatic hydroxyl groups is 1. The number of sulfonamides is 1. The number of anilines is 1. The van der Waals surface area contributed by atoms with Crippen LogP contribution in [0.5, 0.6) is 0 Å². The number of aryl methyl sites for hydroxylation is 2. The Morgan fingerprint density at radius 3 is 2.33 bits per heavy atom. The minimum Gasteiger partial charge on any atom is -0.390 e. The molecule has 1 aromatic carbocycles. The summed E-state index contributed by atoms with van der Waals surface area (Å²) in [7, 11) is -3.64. The number of aromatic nitrogens is 1. The van der Waals surface area contributed by atoms with E-state index in [4.69, 9.17) is 0 Å². The van der Waals surface area contributed by atoms with Crippen LogP contribution in [-0.2, 0) is 29.6 Å². The van der Waals surface area contributed by atoms with Crippen LogP contribution in [0.3, 0.4) is 0 Å². The van der Waals surface area contributed by atoms with E-state index in [1.807, 2.05) is 26.0 Å². The van der Waals surface area contributed by atoms with Gasteiger partial charge in [-0.3, -0.25) is 4.72 Å². The van der Waals surface area contributed by atoms with Crippen molar-refractivity contribution in [1.82, 2.24) is 4.57 Å². The molecule has 0 atom stereocenters. The van der Waals surface area contributed by atoms with E-state index in [2.05, 4.69) is 4.72 Å². The van der Waals surface area contributed by atoms with Gasteiger partial charge in [0.05, 0.1) is 6.61 Å². The average Bonchev–Trinajstić information content (AvgIpc) is 2.92. The number of hydrogen-bond acceptors (Lipinski definition) is 3. The zero-order valence-electron chi connectivity index (χ0n) is 12.2. The molecular weight excluding hydrogens is 288 g/mol. The molecule has 0 saturated carbocycles. The second-order valence-corrected chi connectivity index (χ2v) is 6.45. The Kier molecular flexibility index (Phi) is 4.69. The van der Waals surface area contributed by atoms with E-state index in [0.29, 0.717) is 17.9 Å². The first-order valence-electron chi connectivity index (χ1n) is 6.91. The average molecular weight is 308 g/mol. The summed E-state index contributed by atoms with van der Waals surface area (Å²) in [6.45, 7) is 4.36. The molecule has 1 aromatic heterocycles. The van der Waals surface area contributed by atoms with Crippen LogP contribution in [0.1, 0.15) is 25.1 Å². The molecule has 0 fully saturated rings. The number of hydrogen-bond donors (Lipinski definition) is 2. The van der Waals surface area contributed by atoms with E-state index in [0.717, 1.165) is 12.0 Å². The van der Waals surface area contributed by atoms with Gasteiger partial charge >= 0.3 is 0 Å².